The van der Waals surface area contributed by atoms with E-state index in [0.717, 1.165) is 48.7 Å². The van der Waals surface area contributed by atoms with E-state index in [2.05, 4.69) is 9.88 Å². The smallest absolute Gasteiger partial charge is 0.256 e. The second-order valence-corrected chi connectivity index (χ2v) is 6.87. The highest BCUT2D eigenvalue weighted by molar-refractivity contribution is 6.06. The molecular weight excluding hydrogens is 286 g/mol. The molecular formula is C19H25N3O. The van der Waals surface area contributed by atoms with Gasteiger partial charge in [-0.2, -0.15) is 0 Å². The number of rotatable bonds is 2. The van der Waals surface area contributed by atoms with Crippen molar-refractivity contribution in [2.24, 2.45) is 0 Å². The Morgan fingerprint density at radius 3 is 2.52 bits per heavy atom. The maximum absolute atomic E-state index is 12.8. The van der Waals surface area contributed by atoms with E-state index in [1.165, 1.54) is 32.1 Å². The van der Waals surface area contributed by atoms with E-state index in [1.807, 2.05) is 35.4 Å². The molecule has 1 aliphatic carbocycles. The van der Waals surface area contributed by atoms with Crippen molar-refractivity contribution in [3.8, 4) is 0 Å². The van der Waals surface area contributed by atoms with E-state index in [4.69, 9.17) is 0 Å². The van der Waals surface area contributed by atoms with Gasteiger partial charge in [0, 0.05) is 49.3 Å². The van der Waals surface area contributed by atoms with Crippen LogP contribution in [0.25, 0.3) is 10.9 Å². The van der Waals surface area contributed by atoms with Crippen LogP contribution in [0.4, 0.5) is 0 Å². The Hall–Kier alpha value is -1.81. The highest BCUT2D eigenvalue weighted by Gasteiger charge is 2.28. The van der Waals surface area contributed by atoms with Crippen molar-refractivity contribution in [1.82, 2.24) is 14.8 Å². The Bertz CT molecular complexity index is 679. The normalized spacial score (nSPS) is 21.0. The van der Waals surface area contributed by atoms with E-state index in [9.17, 15) is 4.79 Å². The number of carbonyl (C=O) groups excluding carboxylic acids is 1. The van der Waals surface area contributed by atoms with Gasteiger partial charge in [0.05, 0.1) is 5.56 Å². The van der Waals surface area contributed by atoms with Gasteiger partial charge in [-0.15, -0.1) is 0 Å². The fourth-order valence-electron chi connectivity index (χ4n) is 4.16. The van der Waals surface area contributed by atoms with Crippen molar-refractivity contribution < 1.29 is 4.79 Å². The lowest BCUT2D eigenvalue weighted by molar-refractivity contribution is 0.0525. The molecule has 122 valence electrons. The number of H-pyrrole nitrogens is 1. The molecule has 2 heterocycles. The van der Waals surface area contributed by atoms with Crippen LogP contribution in [0.2, 0.25) is 0 Å². The first-order valence-corrected chi connectivity index (χ1v) is 8.92. The van der Waals surface area contributed by atoms with Crippen LogP contribution in [0.3, 0.4) is 0 Å². The molecule has 1 aromatic carbocycles. The SMILES string of the molecule is O=C(c1c[nH]c2ccccc12)N1CCN(C2CCCCC2)CC1. The molecule has 1 aromatic heterocycles. The number of hydrogen-bond acceptors (Lipinski definition) is 2. The Morgan fingerprint density at radius 1 is 1.00 bits per heavy atom. The largest absolute Gasteiger partial charge is 0.360 e. The number of nitrogens with zero attached hydrogens (tertiary/aromatic N) is 2. The third-order valence-corrected chi connectivity index (χ3v) is 5.51. The van der Waals surface area contributed by atoms with E-state index in [0.29, 0.717) is 0 Å². The number of piperazine rings is 1. The van der Waals surface area contributed by atoms with E-state index in [1.54, 1.807) is 0 Å². The summed E-state index contributed by atoms with van der Waals surface area (Å²) in [5, 5.41) is 1.03. The highest BCUT2D eigenvalue weighted by atomic mass is 16.2. The number of nitrogens with one attached hydrogen (secondary N) is 1. The quantitative estimate of drug-likeness (QED) is 0.924. The summed E-state index contributed by atoms with van der Waals surface area (Å²) in [6.45, 7) is 3.77. The number of benzene rings is 1. The van der Waals surface area contributed by atoms with Crippen LogP contribution in [0.1, 0.15) is 42.5 Å². The van der Waals surface area contributed by atoms with Crippen LogP contribution in [-0.2, 0) is 0 Å². The molecule has 0 bridgehead atoms. The zero-order valence-corrected chi connectivity index (χ0v) is 13.6. The maximum atomic E-state index is 12.8. The lowest BCUT2D eigenvalue weighted by atomic mass is 9.94. The summed E-state index contributed by atoms with van der Waals surface area (Å²) in [4.78, 5) is 20.7. The highest BCUT2D eigenvalue weighted by Crippen LogP contribution is 2.24. The predicted octanol–water partition coefficient (Wildman–Crippen LogP) is 3.26. The number of aromatic amines is 1. The zero-order valence-electron chi connectivity index (χ0n) is 13.6. The van der Waals surface area contributed by atoms with Gasteiger partial charge in [0.15, 0.2) is 0 Å². The summed E-state index contributed by atoms with van der Waals surface area (Å²) in [5.41, 5.74) is 1.85. The minimum absolute atomic E-state index is 0.172. The van der Waals surface area contributed by atoms with Crippen LogP contribution < -0.4 is 0 Å². The lowest BCUT2D eigenvalue weighted by Gasteiger charge is -2.40. The molecule has 4 heteroatoms. The van der Waals surface area contributed by atoms with Gasteiger partial charge >= 0.3 is 0 Å². The molecule has 0 radical (unpaired) electrons. The van der Waals surface area contributed by atoms with Crippen LogP contribution in [0.15, 0.2) is 30.5 Å². The van der Waals surface area contributed by atoms with Gasteiger partial charge in [-0.1, -0.05) is 37.5 Å². The Balaban J connectivity index is 1.42. The standard InChI is InChI=1S/C19H25N3O/c23-19(17-14-20-18-9-5-4-8-16(17)18)22-12-10-21(11-13-22)15-6-2-1-3-7-15/h4-5,8-9,14-15,20H,1-3,6-7,10-13H2. The molecule has 1 aliphatic heterocycles. The molecule has 2 aromatic rings. The molecule has 0 unspecified atom stereocenters. The van der Waals surface area contributed by atoms with Gasteiger partial charge in [0.1, 0.15) is 0 Å². The number of hydrogen-bond donors (Lipinski definition) is 1. The summed E-state index contributed by atoms with van der Waals surface area (Å²) < 4.78 is 0. The average Bonchev–Trinajstić information content (AvgIpc) is 3.06. The van der Waals surface area contributed by atoms with E-state index >= 15 is 0 Å². The summed E-state index contributed by atoms with van der Waals surface area (Å²) in [5.74, 6) is 0.172. The molecule has 0 atom stereocenters. The van der Waals surface area contributed by atoms with Crippen molar-refractivity contribution >= 4 is 16.8 Å². The summed E-state index contributed by atoms with van der Waals surface area (Å²) >= 11 is 0. The molecule has 4 nitrogen and oxygen atoms in total. The third kappa shape index (κ3) is 2.88. The molecule has 1 saturated carbocycles. The zero-order chi connectivity index (χ0) is 15.6. The summed E-state index contributed by atoms with van der Waals surface area (Å²) in [6, 6.07) is 8.79. The molecule has 1 saturated heterocycles. The van der Waals surface area contributed by atoms with Crippen molar-refractivity contribution in [3.63, 3.8) is 0 Å². The number of carbonyl (C=O) groups is 1. The van der Waals surface area contributed by atoms with Gasteiger partial charge in [-0.05, 0) is 18.9 Å². The van der Waals surface area contributed by atoms with Crippen molar-refractivity contribution in [2.45, 2.75) is 38.1 Å². The van der Waals surface area contributed by atoms with Gasteiger partial charge in [-0.25, -0.2) is 0 Å². The van der Waals surface area contributed by atoms with Crippen LogP contribution >= 0.6 is 0 Å². The minimum atomic E-state index is 0.172. The van der Waals surface area contributed by atoms with Gasteiger partial charge in [0.25, 0.3) is 5.91 Å². The maximum Gasteiger partial charge on any atom is 0.256 e. The Labute approximate surface area is 137 Å². The molecule has 1 N–H and O–H groups in total. The Morgan fingerprint density at radius 2 is 1.74 bits per heavy atom. The monoisotopic (exact) mass is 311 g/mol. The van der Waals surface area contributed by atoms with Crippen LogP contribution in [0, 0.1) is 0 Å². The number of amides is 1. The first-order chi connectivity index (χ1) is 11.3. The first kappa shape index (κ1) is 14.8. The van der Waals surface area contributed by atoms with Gasteiger partial charge in [0.2, 0.25) is 0 Å². The predicted molar refractivity (Wildman–Crippen MR) is 92.6 cm³/mol. The first-order valence-electron chi connectivity index (χ1n) is 8.92. The van der Waals surface area contributed by atoms with Crippen LogP contribution in [-0.4, -0.2) is 52.9 Å². The molecule has 2 aliphatic rings. The van der Waals surface area contributed by atoms with Crippen LogP contribution in [0.5, 0.6) is 0 Å². The minimum Gasteiger partial charge on any atom is -0.360 e. The third-order valence-electron chi connectivity index (χ3n) is 5.51. The number of para-hydroxylation sites is 1. The molecule has 23 heavy (non-hydrogen) atoms. The average molecular weight is 311 g/mol. The van der Waals surface area contributed by atoms with Gasteiger partial charge in [-0.3, -0.25) is 9.69 Å². The molecule has 2 fully saturated rings. The summed E-state index contributed by atoms with van der Waals surface area (Å²) in [6.07, 6.45) is 8.70. The van der Waals surface area contributed by atoms with E-state index in [-0.39, 0.29) is 5.91 Å². The number of fused-ring (bicyclic) bond motifs is 1. The fraction of sp³-hybridized carbons (Fsp3) is 0.526. The second-order valence-electron chi connectivity index (χ2n) is 6.87. The molecule has 4 rings (SSSR count). The van der Waals surface area contributed by atoms with E-state index < -0.39 is 0 Å². The van der Waals surface area contributed by atoms with Gasteiger partial charge < -0.3 is 9.88 Å². The topological polar surface area (TPSA) is 39.3 Å². The lowest BCUT2D eigenvalue weighted by Crippen LogP contribution is -2.52. The number of aromatic nitrogens is 1. The van der Waals surface area contributed by atoms with Crippen molar-refractivity contribution in [3.05, 3.63) is 36.0 Å². The van der Waals surface area contributed by atoms with Crippen molar-refractivity contribution in [2.75, 3.05) is 26.2 Å². The Kier molecular flexibility index (Phi) is 4.08. The molecule has 0 spiro atoms. The second kappa shape index (κ2) is 6.36. The molecule has 1 amide bonds. The fourth-order valence-corrected chi connectivity index (χ4v) is 4.16. The summed E-state index contributed by atoms with van der Waals surface area (Å²) in [7, 11) is 0. The van der Waals surface area contributed by atoms with Crippen molar-refractivity contribution in [1.29, 1.82) is 0 Å².